The molecule has 18 heavy (non-hydrogen) atoms. The van der Waals surface area contributed by atoms with Gasteiger partial charge in [-0.1, -0.05) is 23.2 Å². The lowest BCUT2D eigenvalue weighted by Gasteiger charge is -2.11. The molecule has 0 heterocycles. The zero-order valence-corrected chi connectivity index (χ0v) is 11.0. The summed E-state index contributed by atoms with van der Waals surface area (Å²) in [6.07, 6.45) is 0. The van der Waals surface area contributed by atoms with Gasteiger partial charge in [-0.15, -0.1) is 0 Å². The number of hydrogen-bond acceptors (Lipinski definition) is 3. The van der Waals surface area contributed by atoms with Crippen molar-refractivity contribution in [3.05, 3.63) is 46.4 Å². The zero-order valence-electron chi connectivity index (χ0n) is 9.48. The van der Waals surface area contributed by atoms with Gasteiger partial charge in [-0.2, -0.15) is 0 Å². The molecule has 1 N–H and O–H groups in total. The van der Waals surface area contributed by atoms with Gasteiger partial charge in [-0.25, -0.2) is 0 Å². The van der Waals surface area contributed by atoms with E-state index in [1.54, 1.807) is 24.3 Å². The summed E-state index contributed by atoms with van der Waals surface area (Å²) in [6.45, 7) is 0. The topological polar surface area (TPSA) is 38.7 Å². The number of halogens is 2. The van der Waals surface area contributed by atoms with E-state index >= 15 is 0 Å². The van der Waals surface area contributed by atoms with Crippen LogP contribution in [0.1, 0.15) is 0 Å². The minimum Gasteiger partial charge on any atom is -0.504 e. The van der Waals surface area contributed by atoms with Crippen LogP contribution in [-0.2, 0) is 0 Å². The predicted molar refractivity (Wildman–Crippen MR) is 71.2 cm³/mol. The molecule has 2 rings (SSSR count). The number of benzene rings is 2. The van der Waals surface area contributed by atoms with Crippen LogP contribution in [0.4, 0.5) is 0 Å². The fourth-order valence-electron chi connectivity index (χ4n) is 1.42. The van der Waals surface area contributed by atoms with Gasteiger partial charge >= 0.3 is 0 Å². The highest BCUT2D eigenvalue weighted by Crippen LogP contribution is 2.38. The van der Waals surface area contributed by atoms with E-state index in [0.29, 0.717) is 21.5 Å². The smallest absolute Gasteiger partial charge is 0.170 e. The Morgan fingerprint density at radius 1 is 0.889 bits per heavy atom. The maximum atomic E-state index is 9.67. The van der Waals surface area contributed by atoms with Crippen LogP contribution in [0.15, 0.2) is 36.4 Å². The molecule has 0 aliphatic carbocycles. The summed E-state index contributed by atoms with van der Waals surface area (Å²) in [5, 5.41) is 10.6. The molecule has 3 nitrogen and oxygen atoms in total. The maximum absolute atomic E-state index is 9.67. The monoisotopic (exact) mass is 284 g/mol. The third kappa shape index (κ3) is 2.81. The Labute approximate surface area is 114 Å². The number of hydrogen-bond donors (Lipinski definition) is 1. The van der Waals surface area contributed by atoms with Crippen molar-refractivity contribution in [1.29, 1.82) is 0 Å². The first-order valence-electron chi connectivity index (χ1n) is 5.10. The Bertz CT molecular complexity index is 570. The van der Waals surface area contributed by atoms with Gasteiger partial charge in [0.15, 0.2) is 23.0 Å². The second-order valence-electron chi connectivity index (χ2n) is 3.51. The van der Waals surface area contributed by atoms with Gasteiger partial charge < -0.3 is 14.6 Å². The van der Waals surface area contributed by atoms with Crippen LogP contribution in [0, 0.1) is 0 Å². The van der Waals surface area contributed by atoms with Crippen molar-refractivity contribution in [2.75, 3.05) is 7.11 Å². The molecule has 0 amide bonds. The van der Waals surface area contributed by atoms with Gasteiger partial charge in [0.2, 0.25) is 0 Å². The Morgan fingerprint density at radius 3 is 2.17 bits per heavy atom. The lowest BCUT2D eigenvalue weighted by Crippen LogP contribution is -1.90. The highest BCUT2D eigenvalue weighted by Gasteiger charge is 2.10. The van der Waals surface area contributed by atoms with E-state index in [0.717, 1.165) is 0 Å². The molecule has 2 aromatic carbocycles. The summed E-state index contributed by atoms with van der Waals surface area (Å²) >= 11 is 11.7. The molecular formula is C13H10Cl2O3. The van der Waals surface area contributed by atoms with E-state index in [4.69, 9.17) is 32.7 Å². The first kappa shape index (κ1) is 12.9. The number of ether oxygens (including phenoxy) is 2. The van der Waals surface area contributed by atoms with Crippen LogP contribution in [-0.4, -0.2) is 12.2 Å². The largest absolute Gasteiger partial charge is 0.504 e. The minimum atomic E-state index is -0.0126. The van der Waals surface area contributed by atoms with Crippen LogP contribution < -0.4 is 9.47 Å². The quantitative estimate of drug-likeness (QED) is 0.902. The van der Waals surface area contributed by atoms with Crippen molar-refractivity contribution >= 4 is 23.2 Å². The van der Waals surface area contributed by atoms with Gasteiger partial charge in [0.1, 0.15) is 0 Å². The first-order chi connectivity index (χ1) is 8.60. The van der Waals surface area contributed by atoms with Crippen LogP contribution in [0.25, 0.3) is 0 Å². The molecule has 5 heteroatoms. The van der Waals surface area contributed by atoms with Crippen molar-refractivity contribution in [1.82, 2.24) is 0 Å². The molecule has 0 saturated carbocycles. The second kappa shape index (κ2) is 5.38. The predicted octanol–water partition coefficient (Wildman–Crippen LogP) is 4.50. The van der Waals surface area contributed by atoms with Gasteiger partial charge in [-0.3, -0.25) is 0 Å². The third-order valence-electron chi connectivity index (χ3n) is 2.27. The molecule has 0 atom stereocenters. The van der Waals surface area contributed by atoms with Gasteiger partial charge in [0, 0.05) is 22.2 Å². The van der Waals surface area contributed by atoms with Crippen LogP contribution in [0.5, 0.6) is 23.0 Å². The van der Waals surface area contributed by atoms with E-state index in [9.17, 15) is 5.11 Å². The molecule has 94 valence electrons. The SMILES string of the molecule is COc1ccc(Cl)cc1Oc1cc(Cl)ccc1O. The highest BCUT2D eigenvalue weighted by molar-refractivity contribution is 6.31. The van der Waals surface area contributed by atoms with Crippen molar-refractivity contribution in [2.24, 2.45) is 0 Å². The van der Waals surface area contributed by atoms with E-state index < -0.39 is 0 Å². The van der Waals surface area contributed by atoms with Crippen molar-refractivity contribution in [3.8, 4) is 23.0 Å². The lowest BCUT2D eigenvalue weighted by molar-refractivity contribution is 0.366. The summed E-state index contributed by atoms with van der Waals surface area (Å²) in [5.41, 5.74) is 0. The van der Waals surface area contributed by atoms with E-state index in [1.165, 1.54) is 19.2 Å². The van der Waals surface area contributed by atoms with E-state index in [1.807, 2.05) is 0 Å². The Morgan fingerprint density at radius 2 is 1.50 bits per heavy atom. The number of phenols is 1. The van der Waals surface area contributed by atoms with Crippen molar-refractivity contribution < 1.29 is 14.6 Å². The molecule has 0 fully saturated rings. The van der Waals surface area contributed by atoms with Crippen LogP contribution in [0.2, 0.25) is 10.0 Å². The van der Waals surface area contributed by atoms with Crippen molar-refractivity contribution in [2.45, 2.75) is 0 Å². The summed E-state index contributed by atoms with van der Waals surface area (Å²) in [6, 6.07) is 9.50. The first-order valence-corrected chi connectivity index (χ1v) is 5.85. The second-order valence-corrected chi connectivity index (χ2v) is 4.38. The maximum Gasteiger partial charge on any atom is 0.170 e. The fraction of sp³-hybridized carbons (Fsp3) is 0.0769. The molecule has 0 bridgehead atoms. The molecule has 2 aromatic rings. The van der Waals surface area contributed by atoms with Gasteiger partial charge in [0.25, 0.3) is 0 Å². The Balaban J connectivity index is 2.38. The van der Waals surface area contributed by atoms with Gasteiger partial charge in [-0.05, 0) is 24.3 Å². The van der Waals surface area contributed by atoms with E-state index in [-0.39, 0.29) is 11.5 Å². The number of methoxy groups -OCH3 is 1. The minimum absolute atomic E-state index is 0.0126. The number of rotatable bonds is 3. The molecule has 0 unspecified atom stereocenters. The number of aromatic hydroxyl groups is 1. The molecule has 0 aliphatic heterocycles. The molecule has 0 aromatic heterocycles. The average molecular weight is 285 g/mol. The number of phenolic OH excluding ortho intramolecular Hbond substituents is 1. The van der Waals surface area contributed by atoms with Gasteiger partial charge in [0.05, 0.1) is 7.11 Å². The van der Waals surface area contributed by atoms with Crippen molar-refractivity contribution in [3.63, 3.8) is 0 Å². The lowest BCUT2D eigenvalue weighted by atomic mass is 10.3. The summed E-state index contributed by atoms with van der Waals surface area (Å²) in [5.74, 6) is 1.14. The Hall–Kier alpha value is -1.58. The Kier molecular flexibility index (Phi) is 3.84. The molecule has 0 radical (unpaired) electrons. The zero-order chi connectivity index (χ0) is 13.1. The third-order valence-corrected chi connectivity index (χ3v) is 2.74. The summed E-state index contributed by atoms with van der Waals surface area (Å²) in [4.78, 5) is 0. The standard InChI is InChI=1S/C13H10Cl2O3/c1-17-11-5-3-9(15)7-13(11)18-12-6-8(14)2-4-10(12)16/h2-7,16H,1H3. The summed E-state index contributed by atoms with van der Waals surface area (Å²) < 4.78 is 10.7. The normalized spacial score (nSPS) is 10.2. The summed E-state index contributed by atoms with van der Waals surface area (Å²) in [7, 11) is 1.52. The van der Waals surface area contributed by atoms with Crippen LogP contribution >= 0.6 is 23.2 Å². The van der Waals surface area contributed by atoms with Crippen LogP contribution in [0.3, 0.4) is 0 Å². The fourth-order valence-corrected chi connectivity index (χ4v) is 1.74. The highest BCUT2D eigenvalue weighted by atomic mass is 35.5. The molecule has 0 saturated heterocycles. The molecule has 0 spiro atoms. The molecule has 0 aliphatic rings. The average Bonchev–Trinajstić information content (AvgIpc) is 2.34. The molecular weight excluding hydrogens is 275 g/mol. The van der Waals surface area contributed by atoms with E-state index in [2.05, 4.69) is 0 Å².